The summed E-state index contributed by atoms with van der Waals surface area (Å²) in [4.78, 5) is 32.2. The van der Waals surface area contributed by atoms with E-state index in [2.05, 4.69) is 4.98 Å². The third-order valence-corrected chi connectivity index (χ3v) is 6.56. The number of benzene rings is 3. The second kappa shape index (κ2) is 8.72. The van der Waals surface area contributed by atoms with Crippen LogP contribution in [0.1, 0.15) is 24.1 Å². The first-order valence-electron chi connectivity index (χ1n) is 10.6. The topological polar surface area (TPSA) is 79.7 Å². The van der Waals surface area contributed by atoms with Gasteiger partial charge in [0, 0.05) is 5.56 Å². The molecular weight excluding hydrogens is 455 g/mol. The quantitative estimate of drug-likeness (QED) is 0.236. The molecule has 1 amide bonds. The van der Waals surface area contributed by atoms with Gasteiger partial charge in [-0.1, -0.05) is 53.8 Å². The molecule has 4 aromatic rings. The monoisotopic (exact) mass is 474 g/mol. The molecule has 170 valence electrons. The van der Waals surface area contributed by atoms with Gasteiger partial charge in [0.05, 0.1) is 28.4 Å². The van der Waals surface area contributed by atoms with Crippen LogP contribution in [-0.4, -0.2) is 28.4 Å². The Morgan fingerprint density at radius 3 is 2.53 bits per heavy atom. The molecule has 1 atom stereocenters. The number of aliphatic hydroxyl groups is 1. The minimum Gasteiger partial charge on any atom is -0.507 e. The van der Waals surface area contributed by atoms with Crippen molar-refractivity contribution in [1.82, 2.24) is 4.98 Å². The number of ketones is 1. The molecule has 1 aliphatic rings. The number of fused-ring (bicyclic) bond motifs is 1. The van der Waals surface area contributed by atoms with E-state index in [4.69, 9.17) is 4.74 Å². The van der Waals surface area contributed by atoms with E-state index in [1.54, 1.807) is 54.6 Å². The zero-order valence-electron chi connectivity index (χ0n) is 18.1. The Morgan fingerprint density at radius 2 is 1.82 bits per heavy atom. The van der Waals surface area contributed by atoms with Gasteiger partial charge in [0.25, 0.3) is 5.78 Å². The van der Waals surface area contributed by atoms with Crippen LogP contribution in [0.3, 0.4) is 0 Å². The van der Waals surface area contributed by atoms with Gasteiger partial charge in [0.2, 0.25) is 0 Å². The van der Waals surface area contributed by atoms with Gasteiger partial charge in [-0.05, 0) is 42.8 Å². The third kappa shape index (κ3) is 3.72. The van der Waals surface area contributed by atoms with Gasteiger partial charge < -0.3 is 9.84 Å². The molecule has 0 radical (unpaired) electrons. The van der Waals surface area contributed by atoms with E-state index >= 15 is 0 Å². The number of hydrogen-bond acceptors (Lipinski definition) is 6. The Labute approximate surface area is 198 Å². The van der Waals surface area contributed by atoms with Crippen LogP contribution in [0.2, 0.25) is 0 Å². The van der Waals surface area contributed by atoms with Crippen molar-refractivity contribution in [3.63, 3.8) is 0 Å². The Morgan fingerprint density at radius 1 is 1.09 bits per heavy atom. The Bertz CT molecular complexity index is 1430. The first kappa shape index (κ1) is 21.8. The van der Waals surface area contributed by atoms with Gasteiger partial charge in [-0.25, -0.2) is 9.37 Å². The van der Waals surface area contributed by atoms with Gasteiger partial charge in [0.1, 0.15) is 17.3 Å². The van der Waals surface area contributed by atoms with E-state index in [1.165, 1.54) is 23.1 Å². The number of Topliss-reactive ketones (excluding diaryl/α,β-unsaturated/α-hetero) is 1. The lowest BCUT2D eigenvalue weighted by Crippen LogP contribution is -2.29. The molecule has 0 saturated carbocycles. The van der Waals surface area contributed by atoms with E-state index < -0.39 is 23.5 Å². The fourth-order valence-electron chi connectivity index (χ4n) is 4.00. The minimum absolute atomic E-state index is 0.0363. The second-order valence-electron chi connectivity index (χ2n) is 7.65. The van der Waals surface area contributed by atoms with Crippen LogP contribution in [0.5, 0.6) is 5.75 Å². The predicted octanol–water partition coefficient (Wildman–Crippen LogP) is 5.46. The van der Waals surface area contributed by atoms with E-state index in [-0.39, 0.29) is 16.5 Å². The first-order chi connectivity index (χ1) is 16.5. The van der Waals surface area contributed by atoms with Crippen molar-refractivity contribution in [2.24, 2.45) is 0 Å². The lowest BCUT2D eigenvalue weighted by molar-refractivity contribution is -0.132. The van der Waals surface area contributed by atoms with Crippen LogP contribution >= 0.6 is 11.3 Å². The molecule has 0 unspecified atom stereocenters. The van der Waals surface area contributed by atoms with Crippen molar-refractivity contribution < 1.29 is 23.8 Å². The zero-order valence-corrected chi connectivity index (χ0v) is 18.9. The number of carbonyl (C=O) groups excluding carboxylic acids is 2. The minimum atomic E-state index is -0.915. The van der Waals surface area contributed by atoms with Crippen molar-refractivity contribution in [3.05, 3.63) is 95.3 Å². The highest BCUT2D eigenvalue weighted by atomic mass is 32.1. The van der Waals surface area contributed by atoms with E-state index in [0.717, 1.165) is 11.3 Å². The predicted molar refractivity (Wildman–Crippen MR) is 128 cm³/mol. The summed E-state index contributed by atoms with van der Waals surface area (Å²) < 4.78 is 19.8. The Hall–Kier alpha value is -4.04. The van der Waals surface area contributed by atoms with Crippen molar-refractivity contribution >= 4 is 44.1 Å². The first-order valence-corrected chi connectivity index (χ1v) is 11.4. The van der Waals surface area contributed by atoms with Crippen LogP contribution in [0, 0.1) is 5.82 Å². The van der Waals surface area contributed by atoms with Crippen molar-refractivity contribution in [1.29, 1.82) is 0 Å². The standard InChI is InChI=1S/C26H19FN2O4S/c1-2-33-18-11-8-15(9-12-18)22-21(23(30)16-6-4-3-5-7-16)24(31)25(32)29(22)26-28-19-13-10-17(27)14-20(19)34-26/h3-14,22,30H,2H2,1H3/b23-21+/t22-/m0/s1. The number of halogens is 1. The summed E-state index contributed by atoms with van der Waals surface area (Å²) in [6.45, 7) is 2.37. The number of thiazole rings is 1. The van der Waals surface area contributed by atoms with Gasteiger partial charge in [-0.2, -0.15) is 0 Å². The molecule has 3 aromatic carbocycles. The highest BCUT2D eigenvalue weighted by Crippen LogP contribution is 2.44. The molecule has 1 fully saturated rings. The van der Waals surface area contributed by atoms with Gasteiger partial charge >= 0.3 is 5.91 Å². The smallest absolute Gasteiger partial charge is 0.301 e. The number of carbonyl (C=O) groups is 2. The maximum atomic E-state index is 13.8. The number of ether oxygens (including phenoxy) is 1. The Kier molecular flexibility index (Phi) is 5.59. The molecule has 0 bridgehead atoms. The number of aromatic nitrogens is 1. The average Bonchev–Trinajstić information content (AvgIpc) is 3.37. The number of aliphatic hydroxyl groups excluding tert-OH is 1. The van der Waals surface area contributed by atoms with Gasteiger partial charge in [-0.3, -0.25) is 14.5 Å². The molecule has 5 rings (SSSR count). The maximum absolute atomic E-state index is 13.8. The molecule has 1 saturated heterocycles. The molecule has 6 nitrogen and oxygen atoms in total. The fourth-order valence-corrected chi connectivity index (χ4v) is 5.02. The number of nitrogens with zero attached hydrogens (tertiary/aromatic N) is 2. The summed E-state index contributed by atoms with van der Waals surface area (Å²) in [5, 5.41) is 11.4. The molecule has 34 heavy (non-hydrogen) atoms. The third-order valence-electron chi connectivity index (χ3n) is 5.54. The van der Waals surface area contributed by atoms with E-state index in [1.807, 2.05) is 6.92 Å². The summed E-state index contributed by atoms with van der Waals surface area (Å²) in [6, 6.07) is 18.8. The van der Waals surface area contributed by atoms with E-state index in [9.17, 15) is 19.1 Å². The molecule has 8 heteroatoms. The normalized spacial score (nSPS) is 17.5. The second-order valence-corrected chi connectivity index (χ2v) is 8.65. The van der Waals surface area contributed by atoms with Crippen molar-refractivity contribution in [3.8, 4) is 5.75 Å². The zero-order chi connectivity index (χ0) is 23.8. The molecule has 1 aromatic heterocycles. The maximum Gasteiger partial charge on any atom is 0.301 e. The summed E-state index contributed by atoms with van der Waals surface area (Å²) in [5.41, 5.74) is 1.50. The molecule has 0 aliphatic carbocycles. The molecule has 1 aliphatic heterocycles. The number of amides is 1. The van der Waals surface area contributed by atoms with Crippen LogP contribution in [0.4, 0.5) is 9.52 Å². The fraction of sp³-hybridized carbons (Fsp3) is 0.115. The molecule has 1 N–H and O–H groups in total. The number of anilines is 1. The highest BCUT2D eigenvalue weighted by molar-refractivity contribution is 7.22. The summed E-state index contributed by atoms with van der Waals surface area (Å²) in [6.07, 6.45) is 0. The summed E-state index contributed by atoms with van der Waals surface area (Å²) in [7, 11) is 0. The SMILES string of the molecule is CCOc1ccc([C@H]2/C(=C(\O)c3ccccc3)C(=O)C(=O)N2c2nc3ccc(F)cc3s2)cc1. The van der Waals surface area contributed by atoms with Crippen LogP contribution in [0.15, 0.2) is 78.4 Å². The summed E-state index contributed by atoms with van der Waals surface area (Å²) >= 11 is 1.11. The summed E-state index contributed by atoms with van der Waals surface area (Å²) in [5.74, 6) is -1.67. The highest BCUT2D eigenvalue weighted by Gasteiger charge is 2.48. The average molecular weight is 475 g/mol. The lowest BCUT2D eigenvalue weighted by Gasteiger charge is -2.23. The van der Waals surface area contributed by atoms with Gasteiger partial charge in [0.15, 0.2) is 5.13 Å². The molecule has 2 heterocycles. The van der Waals surface area contributed by atoms with Crippen molar-refractivity contribution in [2.75, 3.05) is 11.5 Å². The van der Waals surface area contributed by atoms with Gasteiger partial charge in [-0.15, -0.1) is 0 Å². The molecular formula is C26H19FN2O4S. The Balaban J connectivity index is 1.70. The lowest BCUT2D eigenvalue weighted by atomic mass is 9.95. The number of rotatable bonds is 5. The number of hydrogen-bond donors (Lipinski definition) is 1. The van der Waals surface area contributed by atoms with Crippen LogP contribution in [-0.2, 0) is 9.59 Å². The van der Waals surface area contributed by atoms with E-state index in [0.29, 0.717) is 33.7 Å². The van der Waals surface area contributed by atoms with Crippen LogP contribution < -0.4 is 9.64 Å². The molecule has 0 spiro atoms. The van der Waals surface area contributed by atoms with Crippen molar-refractivity contribution in [2.45, 2.75) is 13.0 Å². The largest absolute Gasteiger partial charge is 0.507 e. The van der Waals surface area contributed by atoms with Crippen LogP contribution in [0.25, 0.3) is 16.0 Å².